The summed E-state index contributed by atoms with van der Waals surface area (Å²) < 4.78 is 47.0. The number of carboxylic acid groups (broad SMARTS) is 1. The molecule has 1 saturated heterocycles. The van der Waals surface area contributed by atoms with Gasteiger partial charge in [0.25, 0.3) is 0 Å². The number of fused-ring (bicyclic) bond motifs is 2. The molecule has 2 aliphatic heterocycles. The van der Waals surface area contributed by atoms with Gasteiger partial charge in [-0.3, -0.25) is 0 Å². The number of halogens is 3. The summed E-state index contributed by atoms with van der Waals surface area (Å²) in [6.07, 6.45) is -4.15. The third-order valence-electron chi connectivity index (χ3n) is 6.72. The van der Waals surface area contributed by atoms with E-state index in [-0.39, 0.29) is 29.1 Å². The molecule has 2 aromatic rings. The summed E-state index contributed by atoms with van der Waals surface area (Å²) in [7, 11) is 0. The van der Waals surface area contributed by atoms with Crippen molar-refractivity contribution in [1.29, 1.82) is 0 Å². The van der Waals surface area contributed by atoms with Crippen molar-refractivity contribution in [2.24, 2.45) is 5.73 Å². The monoisotopic (exact) mass is 595 g/mol. The van der Waals surface area contributed by atoms with E-state index in [4.69, 9.17) is 10.5 Å². The van der Waals surface area contributed by atoms with Gasteiger partial charge < -0.3 is 31.1 Å². The van der Waals surface area contributed by atoms with Gasteiger partial charge in [-0.25, -0.2) is 14.5 Å². The van der Waals surface area contributed by atoms with Crippen LogP contribution in [0.15, 0.2) is 40.1 Å². The molecule has 0 bridgehead atoms. The van der Waals surface area contributed by atoms with Gasteiger partial charge in [0.1, 0.15) is 5.60 Å². The fourth-order valence-corrected chi connectivity index (χ4v) is 6.05. The van der Waals surface area contributed by atoms with Gasteiger partial charge in [0.15, 0.2) is 0 Å². The second kappa shape index (κ2) is 12.4. The summed E-state index contributed by atoms with van der Waals surface area (Å²) in [6.45, 7) is 8.03. The van der Waals surface area contributed by atoms with Gasteiger partial charge >= 0.3 is 18.4 Å². The number of alkyl halides is 3. The third kappa shape index (κ3) is 7.57. The van der Waals surface area contributed by atoms with E-state index in [0.29, 0.717) is 23.7 Å². The molecule has 1 unspecified atom stereocenters. The van der Waals surface area contributed by atoms with Gasteiger partial charge in [-0.05, 0) is 82.5 Å². The van der Waals surface area contributed by atoms with Crippen LogP contribution in [0.4, 0.5) is 39.8 Å². The minimum Gasteiger partial charge on any atom is -0.464 e. The Labute approximate surface area is 241 Å². The first-order chi connectivity index (χ1) is 19.2. The van der Waals surface area contributed by atoms with Crippen molar-refractivity contribution in [3.63, 3.8) is 0 Å². The van der Waals surface area contributed by atoms with Gasteiger partial charge in [0, 0.05) is 47.7 Å². The van der Waals surface area contributed by atoms with Crippen molar-refractivity contribution >= 4 is 41.0 Å². The zero-order chi connectivity index (χ0) is 29.9. The second-order valence-electron chi connectivity index (χ2n) is 11.1. The number of hydrogen-bond donors (Lipinski definition) is 4. The van der Waals surface area contributed by atoms with Crippen LogP contribution in [-0.4, -0.2) is 55.6 Å². The third-order valence-corrected chi connectivity index (χ3v) is 7.80. The highest BCUT2D eigenvalue weighted by molar-refractivity contribution is 7.99. The highest BCUT2D eigenvalue weighted by Crippen LogP contribution is 2.53. The van der Waals surface area contributed by atoms with Crippen molar-refractivity contribution in [2.45, 2.75) is 67.6 Å². The van der Waals surface area contributed by atoms with Gasteiger partial charge in [-0.2, -0.15) is 13.2 Å². The molecule has 0 spiro atoms. The Morgan fingerprint density at radius 2 is 1.78 bits per heavy atom. The summed E-state index contributed by atoms with van der Waals surface area (Å²) in [5.74, 6) is 0. The Hall–Kier alpha value is -3.16. The molecule has 4 rings (SSSR count). The normalized spacial score (nSPS) is 15.8. The zero-order valence-electron chi connectivity index (χ0n) is 23.3. The van der Waals surface area contributed by atoms with Crippen LogP contribution in [0.2, 0.25) is 0 Å². The minimum atomic E-state index is -4.64. The lowest BCUT2D eigenvalue weighted by molar-refractivity contribution is -0.137. The number of nitrogens with zero attached hydrogens (tertiary/aromatic N) is 2. The first-order valence-electron chi connectivity index (χ1n) is 13.5. The summed E-state index contributed by atoms with van der Waals surface area (Å²) >= 11 is 1.12. The van der Waals surface area contributed by atoms with Crippen LogP contribution in [0.25, 0.3) is 0 Å². The Morgan fingerprint density at radius 1 is 1.07 bits per heavy atom. The van der Waals surface area contributed by atoms with Gasteiger partial charge in [-0.1, -0.05) is 11.8 Å². The lowest BCUT2D eigenvalue weighted by Crippen LogP contribution is -2.37. The first-order valence-corrected chi connectivity index (χ1v) is 14.3. The van der Waals surface area contributed by atoms with E-state index in [1.54, 1.807) is 26.8 Å². The van der Waals surface area contributed by atoms with Crippen molar-refractivity contribution in [3.05, 3.63) is 41.5 Å². The van der Waals surface area contributed by atoms with E-state index in [1.807, 2.05) is 12.1 Å². The number of nitrogens with two attached hydrogens (primary N) is 1. The molecule has 41 heavy (non-hydrogen) atoms. The van der Waals surface area contributed by atoms with E-state index < -0.39 is 35.6 Å². The van der Waals surface area contributed by atoms with E-state index in [9.17, 15) is 27.9 Å². The van der Waals surface area contributed by atoms with Crippen LogP contribution >= 0.6 is 11.8 Å². The molecular formula is C28H36F3N5O4S. The van der Waals surface area contributed by atoms with Crippen molar-refractivity contribution < 1.29 is 32.6 Å². The van der Waals surface area contributed by atoms with Crippen molar-refractivity contribution in [1.82, 2.24) is 10.6 Å². The number of hydrogen-bond acceptors (Lipinski definition) is 7. The highest BCUT2D eigenvalue weighted by atomic mass is 32.2. The van der Waals surface area contributed by atoms with E-state index in [0.717, 1.165) is 60.4 Å². The number of benzene rings is 2. The highest BCUT2D eigenvalue weighted by Gasteiger charge is 2.38. The molecule has 5 N–H and O–H groups in total. The summed E-state index contributed by atoms with van der Waals surface area (Å²) in [5, 5.41) is 15.9. The Balaban J connectivity index is 1.54. The quantitative estimate of drug-likeness (QED) is 0.271. The number of amides is 2. The van der Waals surface area contributed by atoms with Gasteiger partial charge in [0.2, 0.25) is 0 Å². The number of rotatable bonds is 8. The summed E-state index contributed by atoms with van der Waals surface area (Å²) in [5.41, 5.74) is 6.48. The maximum Gasteiger partial charge on any atom is 0.416 e. The molecule has 0 saturated carbocycles. The fraction of sp³-hybridized carbons (Fsp3) is 0.500. The molecule has 2 aliphatic rings. The second-order valence-corrected chi connectivity index (χ2v) is 12.1. The first kappa shape index (κ1) is 30.8. The van der Waals surface area contributed by atoms with Crippen LogP contribution < -0.4 is 26.2 Å². The molecular weight excluding hydrogens is 559 g/mol. The number of anilines is 3. The zero-order valence-corrected chi connectivity index (χ0v) is 24.1. The molecule has 9 nitrogen and oxygen atoms in total. The Bertz CT molecular complexity index is 1280. The van der Waals surface area contributed by atoms with Crippen LogP contribution in [0.5, 0.6) is 0 Å². The largest absolute Gasteiger partial charge is 0.464 e. The summed E-state index contributed by atoms with van der Waals surface area (Å²) in [4.78, 5) is 28.3. The number of ether oxygens (including phenoxy) is 1. The van der Waals surface area contributed by atoms with E-state index in [1.165, 1.54) is 0 Å². The molecule has 0 aromatic heterocycles. The molecule has 0 radical (unpaired) electrons. The number of carbonyl (C=O) groups is 2. The number of nitrogens with one attached hydrogen (secondary N) is 2. The predicted molar refractivity (Wildman–Crippen MR) is 152 cm³/mol. The molecule has 2 heterocycles. The maximum absolute atomic E-state index is 13.9. The fourth-order valence-electron chi connectivity index (χ4n) is 4.88. The topological polar surface area (TPSA) is 120 Å². The van der Waals surface area contributed by atoms with Gasteiger partial charge in [-0.15, -0.1) is 0 Å². The number of alkyl carbamates (subject to hydrolysis) is 1. The van der Waals surface area contributed by atoms with E-state index in [2.05, 4.69) is 15.5 Å². The van der Waals surface area contributed by atoms with Gasteiger partial charge in [0.05, 0.1) is 16.9 Å². The molecule has 1 fully saturated rings. The lowest BCUT2D eigenvalue weighted by atomic mass is 9.98. The average Bonchev–Trinajstić information content (AvgIpc) is 3.41. The predicted octanol–water partition coefficient (Wildman–Crippen LogP) is 6.09. The lowest BCUT2D eigenvalue weighted by Gasteiger charge is -2.33. The van der Waals surface area contributed by atoms with Crippen LogP contribution in [0.1, 0.15) is 57.2 Å². The Kier molecular flexibility index (Phi) is 9.29. The number of carbonyl (C=O) groups excluding carboxylic acids is 1. The van der Waals surface area contributed by atoms with Crippen molar-refractivity contribution in [2.75, 3.05) is 42.5 Å². The molecule has 2 aromatic carbocycles. The molecule has 1 atom stereocenters. The molecule has 2 amide bonds. The maximum atomic E-state index is 13.9. The SMILES string of the molecule is CC(C)(C)OC(=O)NCCNCCC(N)c1cc(C(F)(F)F)cc2c1N(C(=O)O)c1ccc(N3CCCC3)cc1S2. The molecule has 13 heteroatoms. The Morgan fingerprint density at radius 3 is 2.41 bits per heavy atom. The van der Waals surface area contributed by atoms with E-state index >= 15 is 0 Å². The van der Waals surface area contributed by atoms with Crippen LogP contribution in [-0.2, 0) is 10.9 Å². The molecule has 224 valence electrons. The smallest absolute Gasteiger partial charge is 0.416 e. The van der Waals surface area contributed by atoms with Crippen molar-refractivity contribution in [3.8, 4) is 0 Å². The summed E-state index contributed by atoms with van der Waals surface area (Å²) in [6, 6.07) is 6.47. The standard InChI is InChI=1S/C28H36F3N5O4S/c1-27(2,3)40-25(37)34-11-10-33-9-8-20(32)19-14-17(28(29,30)31)15-23-24(19)36(26(38)39)21-7-6-18(16-22(21)41-23)35-12-4-5-13-35/h6-7,14-16,20,33H,4-5,8-13,32H2,1-3H3,(H,34,37)(H,38,39). The molecule has 0 aliphatic carbocycles. The van der Waals surface area contributed by atoms with Crippen LogP contribution in [0.3, 0.4) is 0 Å². The average molecular weight is 596 g/mol. The van der Waals surface area contributed by atoms with Crippen LogP contribution in [0, 0.1) is 0 Å². The minimum absolute atomic E-state index is 0.104.